The fourth-order valence-electron chi connectivity index (χ4n) is 1.60. The predicted molar refractivity (Wildman–Crippen MR) is 59.4 cm³/mol. The molecule has 88 valence electrons. The van der Waals surface area contributed by atoms with Gasteiger partial charge in [0.15, 0.2) is 0 Å². The molecule has 1 aromatic carbocycles. The Labute approximate surface area is 97.3 Å². The summed E-state index contributed by atoms with van der Waals surface area (Å²) in [6.07, 6.45) is 3.45. The number of hydrogen-bond acceptors (Lipinski definition) is 2. The summed E-state index contributed by atoms with van der Waals surface area (Å²) in [4.78, 5) is 14.7. The number of nitrogens with zero attached hydrogens (tertiary/aromatic N) is 2. The summed E-state index contributed by atoms with van der Waals surface area (Å²) >= 11 is 0. The number of carboxylic acids is 1. The molecule has 17 heavy (non-hydrogen) atoms. The van der Waals surface area contributed by atoms with Gasteiger partial charge in [0.2, 0.25) is 0 Å². The maximum Gasteiger partial charge on any atom is 0.338 e. The van der Waals surface area contributed by atoms with Crippen molar-refractivity contribution in [3.05, 3.63) is 53.4 Å². The number of benzene rings is 1. The van der Waals surface area contributed by atoms with E-state index in [0.717, 1.165) is 5.82 Å². The quantitative estimate of drug-likeness (QED) is 0.884. The van der Waals surface area contributed by atoms with Crippen molar-refractivity contribution in [3.63, 3.8) is 0 Å². The summed E-state index contributed by atoms with van der Waals surface area (Å²) in [6, 6.07) is 4.12. The molecule has 0 unspecified atom stereocenters. The average molecular weight is 234 g/mol. The van der Waals surface area contributed by atoms with Crippen molar-refractivity contribution in [3.8, 4) is 0 Å². The molecule has 1 heterocycles. The van der Waals surface area contributed by atoms with Crippen molar-refractivity contribution in [1.82, 2.24) is 9.55 Å². The van der Waals surface area contributed by atoms with Crippen LogP contribution in [0.2, 0.25) is 0 Å². The number of aromatic carboxylic acids is 1. The highest BCUT2D eigenvalue weighted by molar-refractivity contribution is 5.87. The van der Waals surface area contributed by atoms with Crippen LogP contribution in [0.1, 0.15) is 21.7 Å². The molecule has 0 saturated carbocycles. The Morgan fingerprint density at radius 3 is 2.82 bits per heavy atom. The first-order chi connectivity index (χ1) is 8.08. The van der Waals surface area contributed by atoms with E-state index in [0.29, 0.717) is 12.1 Å². The van der Waals surface area contributed by atoms with Crippen molar-refractivity contribution in [2.75, 3.05) is 0 Å². The summed E-state index contributed by atoms with van der Waals surface area (Å²) in [6.45, 7) is 2.32. The highest BCUT2D eigenvalue weighted by Gasteiger charge is 2.10. The van der Waals surface area contributed by atoms with Crippen molar-refractivity contribution < 1.29 is 14.3 Å². The van der Waals surface area contributed by atoms with Crippen LogP contribution in [-0.4, -0.2) is 20.6 Å². The fourth-order valence-corrected chi connectivity index (χ4v) is 1.60. The molecule has 0 aliphatic rings. The standard InChI is InChI=1S/C12H11FN2O2/c1-8-14-4-5-15(8)7-9-2-3-10(12(16)17)11(13)6-9/h2-6H,7H2,1H3,(H,16,17). The van der Waals surface area contributed by atoms with Crippen molar-refractivity contribution >= 4 is 5.97 Å². The van der Waals surface area contributed by atoms with E-state index in [1.165, 1.54) is 12.1 Å². The molecule has 0 radical (unpaired) electrons. The minimum atomic E-state index is -1.26. The van der Waals surface area contributed by atoms with Crippen LogP contribution in [0.25, 0.3) is 0 Å². The first kappa shape index (κ1) is 11.3. The van der Waals surface area contributed by atoms with Gasteiger partial charge in [0.25, 0.3) is 0 Å². The first-order valence-corrected chi connectivity index (χ1v) is 5.07. The van der Waals surface area contributed by atoms with E-state index in [9.17, 15) is 9.18 Å². The lowest BCUT2D eigenvalue weighted by atomic mass is 10.1. The van der Waals surface area contributed by atoms with Gasteiger partial charge in [-0.05, 0) is 24.6 Å². The zero-order valence-corrected chi connectivity index (χ0v) is 9.22. The lowest BCUT2D eigenvalue weighted by Gasteiger charge is -2.06. The Hall–Kier alpha value is -2.17. The van der Waals surface area contributed by atoms with E-state index < -0.39 is 11.8 Å². The van der Waals surface area contributed by atoms with Gasteiger partial charge in [0.05, 0.1) is 5.56 Å². The molecule has 0 fully saturated rings. The molecule has 2 rings (SSSR count). The third-order valence-corrected chi connectivity index (χ3v) is 2.54. The molecule has 0 aliphatic carbocycles. The Bertz CT molecular complexity index is 563. The van der Waals surface area contributed by atoms with Gasteiger partial charge in [-0.2, -0.15) is 0 Å². The van der Waals surface area contributed by atoms with Gasteiger partial charge >= 0.3 is 5.97 Å². The maximum absolute atomic E-state index is 13.4. The summed E-state index contributed by atoms with van der Waals surface area (Å²) < 4.78 is 15.3. The molecule has 0 atom stereocenters. The van der Waals surface area contributed by atoms with E-state index in [1.54, 1.807) is 18.5 Å². The Morgan fingerprint density at radius 2 is 2.29 bits per heavy atom. The van der Waals surface area contributed by atoms with Crippen LogP contribution in [0, 0.1) is 12.7 Å². The second-order valence-corrected chi connectivity index (χ2v) is 3.72. The number of carboxylic acid groups (broad SMARTS) is 1. The third kappa shape index (κ3) is 2.33. The Morgan fingerprint density at radius 1 is 1.53 bits per heavy atom. The van der Waals surface area contributed by atoms with E-state index in [2.05, 4.69) is 4.98 Å². The molecular weight excluding hydrogens is 223 g/mol. The Kier molecular flexibility index (Phi) is 2.91. The van der Waals surface area contributed by atoms with E-state index in [4.69, 9.17) is 5.11 Å². The van der Waals surface area contributed by atoms with Gasteiger partial charge < -0.3 is 9.67 Å². The summed E-state index contributed by atoms with van der Waals surface area (Å²) in [5.41, 5.74) is 0.393. The zero-order valence-electron chi connectivity index (χ0n) is 9.22. The van der Waals surface area contributed by atoms with Gasteiger partial charge in [-0.15, -0.1) is 0 Å². The van der Waals surface area contributed by atoms with Crippen LogP contribution in [0.15, 0.2) is 30.6 Å². The highest BCUT2D eigenvalue weighted by atomic mass is 19.1. The molecule has 0 saturated heterocycles. The van der Waals surface area contributed by atoms with Gasteiger partial charge in [-0.1, -0.05) is 6.07 Å². The molecule has 1 aromatic heterocycles. The average Bonchev–Trinajstić information content (AvgIpc) is 2.64. The summed E-state index contributed by atoms with van der Waals surface area (Å²) in [5, 5.41) is 8.70. The second-order valence-electron chi connectivity index (χ2n) is 3.72. The van der Waals surface area contributed by atoms with Crippen LogP contribution < -0.4 is 0 Å². The normalized spacial score (nSPS) is 10.5. The van der Waals surface area contributed by atoms with E-state index >= 15 is 0 Å². The van der Waals surface area contributed by atoms with Crippen molar-refractivity contribution in [1.29, 1.82) is 0 Å². The number of rotatable bonds is 3. The lowest BCUT2D eigenvalue weighted by molar-refractivity contribution is 0.0692. The highest BCUT2D eigenvalue weighted by Crippen LogP contribution is 2.12. The second kappa shape index (κ2) is 4.37. The molecule has 5 heteroatoms. The minimum Gasteiger partial charge on any atom is -0.478 e. The molecular formula is C12H11FN2O2. The van der Waals surface area contributed by atoms with Crippen LogP contribution in [0.4, 0.5) is 4.39 Å². The van der Waals surface area contributed by atoms with Crippen LogP contribution >= 0.6 is 0 Å². The zero-order chi connectivity index (χ0) is 12.4. The minimum absolute atomic E-state index is 0.309. The summed E-state index contributed by atoms with van der Waals surface area (Å²) in [7, 11) is 0. The number of aryl methyl sites for hydroxylation is 1. The molecule has 0 amide bonds. The fraction of sp³-hybridized carbons (Fsp3) is 0.167. The van der Waals surface area contributed by atoms with Gasteiger partial charge in [0.1, 0.15) is 11.6 Å². The smallest absolute Gasteiger partial charge is 0.338 e. The molecule has 0 bridgehead atoms. The monoisotopic (exact) mass is 234 g/mol. The van der Waals surface area contributed by atoms with Gasteiger partial charge in [-0.3, -0.25) is 0 Å². The molecule has 1 N–H and O–H groups in total. The van der Waals surface area contributed by atoms with Crippen LogP contribution in [-0.2, 0) is 6.54 Å². The number of hydrogen-bond donors (Lipinski definition) is 1. The van der Waals surface area contributed by atoms with Crippen LogP contribution in [0.5, 0.6) is 0 Å². The molecule has 0 aliphatic heterocycles. The van der Waals surface area contributed by atoms with E-state index in [-0.39, 0.29) is 5.56 Å². The largest absolute Gasteiger partial charge is 0.478 e. The number of halogens is 1. The number of carbonyl (C=O) groups is 1. The predicted octanol–water partition coefficient (Wildman–Crippen LogP) is 2.08. The number of imidazole rings is 1. The first-order valence-electron chi connectivity index (χ1n) is 5.07. The molecule has 4 nitrogen and oxygen atoms in total. The number of aromatic nitrogens is 2. The van der Waals surface area contributed by atoms with Gasteiger partial charge in [-0.25, -0.2) is 14.2 Å². The van der Waals surface area contributed by atoms with Crippen molar-refractivity contribution in [2.45, 2.75) is 13.5 Å². The topological polar surface area (TPSA) is 55.1 Å². The van der Waals surface area contributed by atoms with Gasteiger partial charge in [0, 0.05) is 18.9 Å². The molecule has 2 aromatic rings. The third-order valence-electron chi connectivity index (χ3n) is 2.54. The SMILES string of the molecule is Cc1nccn1Cc1ccc(C(=O)O)c(F)c1. The summed E-state index contributed by atoms with van der Waals surface area (Å²) in [5.74, 6) is -1.15. The van der Waals surface area contributed by atoms with Crippen LogP contribution in [0.3, 0.4) is 0 Å². The molecule has 0 spiro atoms. The maximum atomic E-state index is 13.4. The van der Waals surface area contributed by atoms with E-state index in [1.807, 2.05) is 11.5 Å². The Balaban J connectivity index is 2.27. The lowest BCUT2D eigenvalue weighted by Crippen LogP contribution is -2.04. The van der Waals surface area contributed by atoms with Crippen molar-refractivity contribution in [2.24, 2.45) is 0 Å².